The van der Waals surface area contributed by atoms with Gasteiger partial charge in [0.1, 0.15) is 12.0 Å². The predicted molar refractivity (Wildman–Crippen MR) is 116 cm³/mol. The van der Waals surface area contributed by atoms with E-state index in [1.807, 2.05) is 6.07 Å². The zero-order valence-corrected chi connectivity index (χ0v) is 17.4. The van der Waals surface area contributed by atoms with Crippen LogP contribution in [-0.4, -0.2) is 27.4 Å². The molecule has 3 aromatic rings. The number of phenols is 1. The average molecular weight is 392 g/mol. The number of aliphatic hydroxyl groups is 1. The van der Waals surface area contributed by atoms with Crippen molar-refractivity contribution in [1.29, 1.82) is 0 Å². The summed E-state index contributed by atoms with van der Waals surface area (Å²) in [6, 6.07) is 8.38. The van der Waals surface area contributed by atoms with E-state index in [0.29, 0.717) is 10.9 Å². The Hall–Kier alpha value is -2.63. The van der Waals surface area contributed by atoms with Crippen LogP contribution in [0.2, 0.25) is 0 Å². The fourth-order valence-electron chi connectivity index (χ4n) is 4.69. The second-order valence-electron chi connectivity index (χ2n) is 8.21. The number of nitrogens with zero attached hydrogens (tertiary/aromatic N) is 1. The van der Waals surface area contributed by atoms with E-state index < -0.39 is 6.23 Å². The molecule has 4 rings (SSSR count). The van der Waals surface area contributed by atoms with Gasteiger partial charge in [-0.25, -0.2) is 0 Å². The molecule has 0 aliphatic heterocycles. The van der Waals surface area contributed by atoms with Crippen LogP contribution in [0, 0.1) is 27.7 Å². The Morgan fingerprint density at radius 2 is 1.62 bits per heavy atom. The molecule has 1 atom stereocenters. The van der Waals surface area contributed by atoms with Gasteiger partial charge in [-0.1, -0.05) is 12.1 Å². The molecule has 29 heavy (non-hydrogen) atoms. The molecule has 1 aromatic heterocycles. The van der Waals surface area contributed by atoms with Gasteiger partial charge < -0.3 is 15.5 Å². The first-order chi connectivity index (χ1) is 13.8. The van der Waals surface area contributed by atoms with Gasteiger partial charge >= 0.3 is 0 Å². The number of aromatic nitrogens is 1. The second kappa shape index (κ2) is 7.32. The van der Waals surface area contributed by atoms with Crippen molar-refractivity contribution in [3.05, 3.63) is 74.1 Å². The number of aliphatic hydroxyl groups excluding tert-OH is 1. The molecule has 0 amide bonds. The zero-order valence-electron chi connectivity index (χ0n) is 17.4. The number of hydrogen-bond donors (Lipinski definition) is 3. The number of para-hydroxylation sites is 1. The molecule has 5 heteroatoms. The van der Waals surface area contributed by atoms with E-state index in [2.05, 4.69) is 33.0 Å². The number of hydrogen-bond acceptors (Lipinski definition) is 4. The number of benzene rings is 2. The molecule has 0 bridgehead atoms. The Morgan fingerprint density at radius 3 is 2.24 bits per heavy atom. The van der Waals surface area contributed by atoms with Crippen LogP contribution >= 0.6 is 0 Å². The largest absolute Gasteiger partial charge is 0.506 e. The van der Waals surface area contributed by atoms with Crippen LogP contribution in [0.25, 0.3) is 10.9 Å². The molecule has 0 unspecified atom stereocenters. The maximum absolute atomic E-state index is 12.4. The Balaban J connectivity index is 1.56. The first-order valence-corrected chi connectivity index (χ1v) is 10.1. The van der Waals surface area contributed by atoms with Crippen LogP contribution in [0.4, 0.5) is 0 Å². The van der Waals surface area contributed by atoms with Crippen LogP contribution < -0.4 is 10.9 Å². The van der Waals surface area contributed by atoms with Crippen molar-refractivity contribution in [3.8, 4) is 5.75 Å². The van der Waals surface area contributed by atoms with Crippen LogP contribution in [0.3, 0.4) is 0 Å². The number of phenolic OH excluding ortho intramolecular Hbond substituents is 1. The lowest BCUT2D eigenvalue weighted by atomic mass is 9.90. The fraction of sp³-hybridized carbons (Fsp3) is 0.375. The maximum atomic E-state index is 12.4. The van der Waals surface area contributed by atoms with Gasteiger partial charge in [0.2, 0.25) is 0 Å². The summed E-state index contributed by atoms with van der Waals surface area (Å²) in [5.74, 6) is -0.00952. The highest BCUT2D eigenvalue weighted by Gasteiger charge is 2.27. The molecule has 1 aliphatic carbocycles. The van der Waals surface area contributed by atoms with Gasteiger partial charge in [0, 0.05) is 24.0 Å². The van der Waals surface area contributed by atoms with Crippen molar-refractivity contribution in [1.82, 2.24) is 9.88 Å². The number of pyridine rings is 1. The summed E-state index contributed by atoms with van der Waals surface area (Å²) in [4.78, 5) is 12.4. The van der Waals surface area contributed by atoms with Crippen LogP contribution in [0.1, 0.15) is 39.6 Å². The average Bonchev–Trinajstić information content (AvgIpc) is 3.14. The lowest BCUT2D eigenvalue weighted by Gasteiger charge is -2.20. The summed E-state index contributed by atoms with van der Waals surface area (Å²) in [6.07, 6.45) is 0.783. The van der Waals surface area contributed by atoms with Crippen molar-refractivity contribution in [3.63, 3.8) is 0 Å². The van der Waals surface area contributed by atoms with Gasteiger partial charge in [-0.3, -0.25) is 9.36 Å². The van der Waals surface area contributed by atoms with Gasteiger partial charge in [0.25, 0.3) is 5.56 Å². The Bertz CT molecular complexity index is 1130. The molecule has 5 nitrogen and oxygen atoms in total. The minimum Gasteiger partial charge on any atom is -0.506 e. The topological polar surface area (TPSA) is 74.5 Å². The standard InChI is InChI=1S/C24H28N2O3/c1-13-14(2)16(4)20-11-18(10-19(20)15(13)3)25-12-23(29)26-22(28)9-8-17-6-5-7-21(27)24(17)26/h5-9,18,23,25,27,29H,10-12H2,1-4H3/t23-/m0/s1. The smallest absolute Gasteiger partial charge is 0.253 e. The number of rotatable bonds is 4. The minimum absolute atomic E-state index is 0.00952. The highest BCUT2D eigenvalue weighted by molar-refractivity contribution is 5.84. The van der Waals surface area contributed by atoms with Crippen LogP contribution in [-0.2, 0) is 12.8 Å². The van der Waals surface area contributed by atoms with Gasteiger partial charge in [-0.05, 0) is 86.1 Å². The summed E-state index contributed by atoms with van der Waals surface area (Å²) < 4.78 is 1.27. The molecular formula is C24H28N2O3. The molecule has 0 spiro atoms. The van der Waals surface area contributed by atoms with Gasteiger partial charge in [-0.2, -0.15) is 0 Å². The zero-order chi connectivity index (χ0) is 20.9. The third kappa shape index (κ3) is 3.24. The van der Waals surface area contributed by atoms with E-state index in [4.69, 9.17) is 0 Å². The normalized spacial score (nSPS) is 15.1. The van der Waals surface area contributed by atoms with Crippen LogP contribution in [0.5, 0.6) is 5.75 Å². The number of fused-ring (bicyclic) bond motifs is 2. The lowest BCUT2D eigenvalue weighted by molar-refractivity contribution is 0.1000. The Morgan fingerprint density at radius 1 is 1.00 bits per heavy atom. The van der Waals surface area contributed by atoms with E-state index in [1.54, 1.807) is 12.1 Å². The monoisotopic (exact) mass is 392 g/mol. The van der Waals surface area contributed by atoms with Crippen molar-refractivity contribution >= 4 is 10.9 Å². The van der Waals surface area contributed by atoms with Crippen molar-refractivity contribution in [2.75, 3.05) is 6.54 Å². The molecule has 0 fully saturated rings. The quantitative estimate of drug-likeness (QED) is 0.638. The molecule has 0 radical (unpaired) electrons. The van der Waals surface area contributed by atoms with Gasteiger partial charge in [0.15, 0.2) is 0 Å². The molecular weight excluding hydrogens is 364 g/mol. The fourth-order valence-corrected chi connectivity index (χ4v) is 4.69. The Labute approximate surface area is 170 Å². The van der Waals surface area contributed by atoms with Crippen LogP contribution in [0.15, 0.2) is 35.1 Å². The lowest BCUT2D eigenvalue weighted by Crippen LogP contribution is -2.37. The van der Waals surface area contributed by atoms with E-state index in [-0.39, 0.29) is 23.9 Å². The SMILES string of the molecule is Cc1c(C)c(C)c2c(c1C)CC(NC[C@H](O)n1c(=O)ccc3cccc(O)c31)C2. The molecule has 3 N–H and O–H groups in total. The summed E-state index contributed by atoms with van der Waals surface area (Å²) in [7, 11) is 0. The van der Waals surface area contributed by atoms with E-state index >= 15 is 0 Å². The molecule has 0 saturated heterocycles. The minimum atomic E-state index is -1.06. The van der Waals surface area contributed by atoms with E-state index in [9.17, 15) is 15.0 Å². The first-order valence-electron chi connectivity index (χ1n) is 10.1. The van der Waals surface area contributed by atoms with E-state index in [0.717, 1.165) is 12.8 Å². The number of aromatic hydroxyl groups is 1. The summed E-state index contributed by atoms with van der Waals surface area (Å²) >= 11 is 0. The Kier molecular flexibility index (Phi) is 4.97. The van der Waals surface area contributed by atoms with Crippen molar-refractivity contribution in [2.24, 2.45) is 0 Å². The first kappa shape index (κ1) is 19.7. The van der Waals surface area contributed by atoms with Crippen molar-refractivity contribution in [2.45, 2.75) is 52.8 Å². The summed E-state index contributed by atoms with van der Waals surface area (Å²) in [5.41, 5.74) is 8.31. The highest BCUT2D eigenvalue weighted by atomic mass is 16.3. The molecule has 1 heterocycles. The second-order valence-corrected chi connectivity index (χ2v) is 8.21. The van der Waals surface area contributed by atoms with Crippen molar-refractivity contribution < 1.29 is 10.2 Å². The highest BCUT2D eigenvalue weighted by Crippen LogP contribution is 2.33. The molecule has 152 valence electrons. The maximum Gasteiger partial charge on any atom is 0.253 e. The predicted octanol–water partition coefficient (Wildman–Crippen LogP) is 3.19. The van der Waals surface area contributed by atoms with E-state index in [1.165, 1.54) is 50.1 Å². The van der Waals surface area contributed by atoms with Gasteiger partial charge in [-0.15, -0.1) is 0 Å². The number of nitrogens with one attached hydrogen (secondary N) is 1. The third-order valence-corrected chi connectivity index (χ3v) is 6.68. The summed E-state index contributed by atoms with van der Waals surface area (Å²) in [5, 5.41) is 25.2. The third-order valence-electron chi connectivity index (χ3n) is 6.68. The summed E-state index contributed by atoms with van der Waals surface area (Å²) in [6.45, 7) is 8.98. The molecule has 1 aliphatic rings. The molecule has 0 saturated carbocycles. The molecule has 2 aromatic carbocycles. The van der Waals surface area contributed by atoms with Gasteiger partial charge in [0.05, 0.1) is 5.52 Å².